The number of hydrogen-bond donors (Lipinski definition) is 2. The summed E-state index contributed by atoms with van der Waals surface area (Å²) in [5.74, 6) is -0.394. The lowest BCUT2D eigenvalue weighted by Crippen LogP contribution is -2.24. The highest BCUT2D eigenvalue weighted by atomic mass is 32.2. The molecule has 1 amide bonds. The van der Waals surface area contributed by atoms with E-state index in [2.05, 4.69) is 4.72 Å². The first-order valence-electron chi connectivity index (χ1n) is 5.23. The van der Waals surface area contributed by atoms with Gasteiger partial charge in [0.05, 0.1) is 0 Å². The summed E-state index contributed by atoms with van der Waals surface area (Å²) < 4.78 is 26.0. The molecule has 1 heterocycles. The van der Waals surface area contributed by atoms with Crippen molar-refractivity contribution < 1.29 is 13.2 Å². The van der Waals surface area contributed by atoms with Crippen LogP contribution in [0.1, 0.15) is 24.1 Å². The Kier molecular flexibility index (Phi) is 5.27. The second-order valence-electron chi connectivity index (χ2n) is 3.55. The van der Waals surface area contributed by atoms with E-state index in [0.29, 0.717) is 17.7 Å². The number of nitrogens with two attached hydrogens (primary N) is 1. The SMILES string of the molecule is N#Cc1ccc(S(=O)(=O)NCCCCC(N)=O)s1. The fourth-order valence-corrected chi connectivity index (χ4v) is 3.45. The molecule has 0 aliphatic rings. The van der Waals surface area contributed by atoms with Crippen LogP contribution in [0.15, 0.2) is 16.3 Å². The third-order valence-electron chi connectivity index (χ3n) is 2.10. The van der Waals surface area contributed by atoms with E-state index < -0.39 is 15.9 Å². The van der Waals surface area contributed by atoms with E-state index in [4.69, 9.17) is 11.0 Å². The van der Waals surface area contributed by atoms with Crippen molar-refractivity contribution in [3.63, 3.8) is 0 Å². The Morgan fingerprint density at radius 2 is 2.17 bits per heavy atom. The second-order valence-corrected chi connectivity index (χ2v) is 6.63. The molecular weight excluding hydrogens is 274 g/mol. The van der Waals surface area contributed by atoms with Gasteiger partial charge in [0.1, 0.15) is 15.2 Å². The number of carbonyl (C=O) groups is 1. The zero-order valence-electron chi connectivity index (χ0n) is 9.55. The molecule has 0 saturated carbocycles. The summed E-state index contributed by atoms with van der Waals surface area (Å²) in [6, 6.07) is 4.75. The third-order valence-corrected chi connectivity index (χ3v) is 5.04. The minimum atomic E-state index is -3.55. The summed E-state index contributed by atoms with van der Waals surface area (Å²) in [7, 11) is -3.55. The summed E-state index contributed by atoms with van der Waals surface area (Å²) >= 11 is 0.923. The van der Waals surface area contributed by atoms with Crippen molar-refractivity contribution in [2.75, 3.05) is 6.54 Å². The molecule has 8 heteroatoms. The second kappa shape index (κ2) is 6.49. The van der Waals surface area contributed by atoms with Gasteiger partial charge < -0.3 is 5.73 Å². The minimum absolute atomic E-state index is 0.119. The molecule has 0 atom stereocenters. The quantitative estimate of drug-likeness (QED) is 0.713. The first kappa shape index (κ1) is 14.6. The number of hydrogen-bond acceptors (Lipinski definition) is 5. The fourth-order valence-electron chi connectivity index (χ4n) is 1.23. The van der Waals surface area contributed by atoms with Crippen LogP contribution in [0.3, 0.4) is 0 Å². The normalized spacial score (nSPS) is 11.1. The Morgan fingerprint density at radius 1 is 1.44 bits per heavy atom. The summed E-state index contributed by atoms with van der Waals surface area (Å²) in [6.45, 7) is 0.245. The monoisotopic (exact) mass is 287 g/mol. The first-order valence-corrected chi connectivity index (χ1v) is 7.53. The molecule has 1 aromatic heterocycles. The topological polar surface area (TPSA) is 113 Å². The van der Waals surface area contributed by atoms with Crippen LogP contribution >= 0.6 is 11.3 Å². The van der Waals surface area contributed by atoms with Gasteiger partial charge in [0.15, 0.2) is 0 Å². The van der Waals surface area contributed by atoms with E-state index >= 15 is 0 Å². The molecule has 0 unspecified atom stereocenters. The van der Waals surface area contributed by atoms with Crippen LogP contribution in [0.2, 0.25) is 0 Å². The van der Waals surface area contributed by atoms with E-state index in [1.54, 1.807) is 0 Å². The van der Waals surface area contributed by atoms with Crippen molar-refractivity contribution in [2.45, 2.75) is 23.5 Å². The standard InChI is InChI=1S/C10H13N3O3S2/c11-7-8-4-5-10(17-8)18(15,16)13-6-2-1-3-9(12)14/h4-5,13H,1-3,6H2,(H2,12,14). The van der Waals surface area contributed by atoms with Crippen LogP contribution in [0.25, 0.3) is 0 Å². The van der Waals surface area contributed by atoms with Gasteiger partial charge >= 0.3 is 0 Å². The molecule has 3 N–H and O–H groups in total. The Labute approximate surface area is 109 Å². The molecule has 0 fully saturated rings. The zero-order valence-corrected chi connectivity index (χ0v) is 11.2. The summed E-state index contributed by atoms with van der Waals surface area (Å²) in [4.78, 5) is 10.8. The number of thiophene rings is 1. The van der Waals surface area contributed by atoms with Crippen molar-refractivity contribution in [1.82, 2.24) is 4.72 Å². The molecule has 0 aliphatic carbocycles. The van der Waals surface area contributed by atoms with Crippen molar-refractivity contribution in [3.05, 3.63) is 17.0 Å². The van der Waals surface area contributed by atoms with E-state index in [1.165, 1.54) is 12.1 Å². The van der Waals surface area contributed by atoms with E-state index in [9.17, 15) is 13.2 Å². The maximum absolute atomic E-state index is 11.8. The Morgan fingerprint density at radius 3 is 2.72 bits per heavy atom. The number of nitriles is 1. The number of carbonyl (C=O) groups excluding carboxylic acids is 1. The molecule has 0 spiro atoms. The molecule has 98 valence electrons. The largest absolute Gasteiger partial charge is 0.370 e. The van der Waals surface area contributed by atoms with Crippen LogP contribution in [0.4, 0.5) is 0 Å². The molecule has 0 radical (unpaired) electrons. The summed E-state index contributed by atoms with van der Waals surface area (Å²) in [5.41, 5.74) is 4.96. The smallest absolute Gasteiger partial charge is 0.250 e. The fraction of sp³-hybridized carbons (Fsp3) is 0.400. The number of nitrogens with zero attached hydrogens (tertiary/aromatic N) is 1. The number of sulfonamides is 1. The molecule has 0 aromatic carbocycles. The van der Waals surface area contributed by atoms with Gasteiger partial charge in [0.25, 0.3) is 0 Å². The maximum Gasteiger partial charge on any atom is 0.250 e. The molecule has 1 aromatic rings. The highest BCUT2D eigenvalue weighted by molar-refractivity contribution is 7.91. The van der Waals surface area contributed by atoms with Crippen molar-refractivity contribution in [3.8, 4) is 6.07 Å². The summed E-state index contributed by atoms with van der Waals surface area (Å²) in [5, 5.41) is 8.62. The highest BCUT2D eigenvalue weighted by Crippen LogP contribution is 2.20. The average molecular weight is 287 g/mol. The van der Waals surface area contributed by atoms with Gasteiger partial charge in [0.2, 0.25) is 15.9 Å². The predicted molar refractivity (Wildman–Crippen MR) is 67.3 cm³/mol. The molecular formula is C10H13N3O3S2. The lowest BCUT2D eigenvalue weighted by atomic mass is 10.2. The first-order chi connectivity index (χ1) is 8.45. The minimum Gasteiger partial charge on any atom is -0.370 e. The number of nitrogens with one attached hydrogen (secondary N) is 1. The average Bonchev–Trinajstić information content (AvgIpc) is 2.77. The number of amides is 1. The number of unbranched alkanes of at least 4 members (excludes halogenated alkanes) is 1. The van der Waals surface area contributed by atoms with Gasteiger partial charge in [-0.1, -0.05) is 0 Å². The van der Waals surface area contributed by atoms with Gasteiger partial charge in [-0.3, -0.25) is 4.79 Å². The maximum atomic E-state index is 11.8. The Hall–Kier alpha value is -1.43. The summed E-state index contributed by atoms with van der Waals surface area (Å²) in [6.07, 6.45) is 1.34. The lowest BCUT2D eigenvalue weighted by molar-refractivity contribution is -0.118. The zero-order chi connectivity index (χ0) is 13.6. The predicted octanol–water partition coefficient (Wildman–Crippen LogP) is 0.554. The molecule has 0 aliphatic heterocycles. The number of primary amides is 1. The molecule has 6 nitrogen and oxygen atoms in total. The van der Waals surface area contributed by atoms with Gasteiger partial charge in [-0.05, 0) is 25.0 Å². The van der Waals surface area contributed by atoms with Crippen LogP contribution in [0.5, 0.6) is 0 Å². The van der Waals surface area contributed by atoms with E-state index in [1.807, 2.05) is 6.07 Å². The van der Waals surface area contributed by atoms with Gasteiger partial charge in [-0.15, -0.1) is 11.3 Å². The van der Waals surface area contributed by atoms with Crippen LogP contribution in [0, 0.1) is 11.3 Å². The van der Waals surface area contributed by atoms with Crippen LogP contribution < -0.4 is 10.5 Å². The Bertz CT molecular complexity index is 557. The molecule has 18 heavy (non-hydrogen) atoms. The van der Waals surface area contributed by atoms with Crippen molar-refractivity contribution in [1.29, 1.82) is 5.26 Å². The van der Waals surface area contributed by atoms with Crippen molar-refractivity contribution >= 4 is 27.3 Å². The van der Waals surface area contributed by atoms with Gasteiger partial charge in [-0.25, -0.2) is 13.1 Å². The van der Waals surface area contributed by atoms with Crippen LogP contribution in [-0.4, -0.2) is 20.9 Å². The molecule has 0 saturated heterocycles. The van der Waals surface area contributed by atoms with Crippen molar-refractivity contribution in [2.24, 2.45) is 5.73 Å². The highest BCUT2D eigenvalue weighted by Gasteiger charge is 2.15. The molecule has 0 bridgehead atoms. The third kappa shape index (κ3) is 4.44. The van der Waals surface area contributed by atoms with Gasteiger partial charge in [-0.2, -0.15) is 5.26 Å². The van der Waals surface area contributed by atoms with E-state index in [-0.39, 0.29) is 17.2 Å². The van der Waals surface area contributed by atoms with Gasteiger partial charge in [0, 0.05) is 13.0 Å². The Balaban J connectivity index is 2.46. The lowest BCUT2D eigenvalue weighted by Gasteiger charge is -2.03. The molecule has 1 rings (SSSR count). The van der Waals surface area contributed by atoms with Crippen LogP contribution in [-0.2, 0) is 14.8 Å². The number of rotatable bonds is 7. The van der Waals surface area contributed by atoms with E-state index in [0.717, 1.165) is 11.3 Å².